The van der Waals surface area contributed by atoms with E-state index < -0.39 is 28.9 Å². The van der Waals surface area contributed by atoms with Gasteiger partial charge in [0.25, 0.3) is 5.56 Å². The first-order valence-electron chi connectivity index (χ1n) is 10.3. The van der Waals surface area contributed by atoms with Crippen LogP contribution in [-0.2, 0) is 24.1 Å². The summed E-state index contributed by atoms with van der Waals surface area (Å²) in [5, 5.41) is 0. The third-order valence-electron chi connectivity index (χ3n) is 5.00. The molecule has 8 nitrogen and oxygen atoms in total. The van der Waals surface area contributed by atoms with Gasteiger partial charge in [-0.1, -0.05) is 31.5 Å². The number of rotatable bonds is 9. The molecule has 32 heavy (non-hydrogen) atoms. The van der Waals surface area contributed by atoms with Crippen molar-refractivity contribution in [2.24, 2.45) is 0 Å². The lowest BCUT2D eigenvalue weighted by atomic mass is 10.1. The molecule has 0 aliphatic heterocycles. The lowest BCUT2D eigenvalue weighted by Crippen LogP contribution is -2.44. The Morgan fingerprint density at radius 1 is 1.19 bits per heavy atom. The number of hydrogen-bond acceptors (Lipinski definition) is 5. The second-order valence-corrected chi connectivity index (χ2v) is 7.46. The average molecular weight is 455 g/mol. The Bertz CT molecular complexity index is 1060. The van der Waals surface area contributed by atoms with Crippen molar-refractivity contribution in [3.63, 3.8) is 0 Å². The number of carbonyl (C=O) groups is 1. The average Bonchev–Trinajstić information content (AvgIpc) is 2.70. The molecule has 0 saturated heterocycles. The van der Waals surface area contributed by atoms with E-state index in [0.717, 1.165) is 17.4 Å². The van der Waals surface area contributed by atoms with Crippen LogP contribution in [0.15, 0.2) is 33.9 Å². The molecule has 0 spiro atoms. The number of amides is 1. The van der Waals surface area contributed by atoms with E-state index in [2.05, 4.69) is 4.98 Å². The van der Waals surface area contributed by atoms with Crippen molar-refractivity contribution in [3.8, 4) is 0 Å². The van der Waals surface area contributed by atoms with Gasteiger partial charge in [-0.2, -0.15) is 13.2 Å². The maximum absolute atomic E-state index is 13.2. The Morgan fingerprint density at radius 2 is 1.84 bits per heavy atom. The Kier molecular flexibility index (Phi) is 8.25. The zero-order valence-corrected chi connectivity index (χ0v) is 18.3. The minimum absolute atomic E-state index is 0.0313. The molecule has 0 bridgehead atoms. The summed E-state index contributed by atoms with van der Waals surface area (Å²) in [5.41, 5.74) is 3.74. The van der Waals surface area contributed by atoms with Crippen LogP contribution >= 0.6 is 0 Å². The summed E-state index contributed by atoms with van der Waals surface area (Å²) < 4.78 is 40.9. The molecule has 0 radical (unpaired) electrons. The van der Waals surface area contributed by atoms with Crippen molar-refractivity contribution in [2.45, 2.75) is 46.0 Å². The second-order valence-electron chi connectivity index (χ2n) is 7.46. The molecule has 0 aliphatic carbocycles. The zero-order chi connectivity index (χ0) is 24.1. The smallest absolute Gasteiger partial charge is 0.383 e. The number of unbranched alkanes of at least 4 members (excludes halogenated alkanes) is 1. The number of likely N-dealkylation sites (N-methyl/N-ethyl adjacent to an activating group) is 2. The Morgan fingerprint density at radius 3 is 2.44 bits per heavy atom. The lowest BCUT2D eigenvalue weighted by molar-refractivity contribution is -0.138. The maximum Gasteiger partial charge on any atom is 0.416 e. The first-order valence-corrected chi connectivity index (χ1v) is 10.3. The molecule has 0 aliphatic rings. The summed E-state index contributed by atoms with van der Waals surface area (Å²) >= 11 is 0. The molecule has 0 unspecified atom stereocenters. The lowest BCUT2D eigenvalue weighted by Gasteiger charge is -2.26. The maximum atomic E-state index is 13.2. The van der Waals surface area contributed by atoms with Crippen LogP contribution < -0.4 is 21.9 Å². The molecule has 0 atom stereocenters. The van der Waals surface area contributed by atoms with Gasteiger partial charge in [-0.05, 0) is 32.0 Å². The van der Waals surface area contributed by atoms with E-state index in [9.17, 15) is 27.6 Å². The van der Waals surface area contributed by atoms with E-state index in [4.69, 9.17) is 5.73 Å². The van der Waals surface area contributed by atoms with Crippen LogP contribution in [-0.4, -0.2) is 40.5 Å². The van der Waals surface area contributed by atoms with Gasteiger partial charge in [0.15, 0.2) is 5.69 Å². The topological polar surface area (TPSA) is 104 Å². The molecule has 2 aromatic rings. The van der Waals surface area contributed by atoms with Crippen molar-refractivity contribution in [1.82, 2.24) is 14.5 Å². The molecular weight excluding hydrogens is 427 g/mol. The van der Waals surface area contributed by atoms with Crippen molar-refractivity contribution in [3.05, 3.63) is 56.2 Å². The summed E-state index contributed by atoms with van der Waals surface area (Å²) in [4.78, 5) is 42.2. The summed E-state index contributed by atoms with van der Waals surface area (Å²) in [7, 11) is 1.51. The monoisotopic (exact) mass is 455 g/mol. The van der Waals surface area contributed by atoms with Crippen LogP contribution in [0.25, 0.3) is 0 Å². The molecule has 11 heteroatoms. The third-order valence-corrected chi connectivity index (χ3v) is 5.00. The predicted octanol–water partition coefficient (Wildman–Crippen LogP) is 2.42. The number of alkyl halides is 3. The fourth-order valence-electron chi connectivity index (χ4n) is 3.43. The SMILES string of the molecule is CCCCn1c(N)c(N(CC)C(=O)CN(C)Cc2ccccc2C(F)(F)F)c(=O)[nH]c1=O. The summed E-state index contributed by atoms with van der Waals surface area (Å²) in [5.74, 6) is -0.648. The normalized spacial score (nSPS) is 11.7. The number of nitrogen functional groups attached to an aromatic ring is 1. The molecule has 2 rings (SSSR count). The summed E-state index contributed by atoms with van der Waals surface area (Å²) in [6.07, 6.45) is -3.07. The van der Waals surface area contributed by atoms with Gasteiger partial charge in [0, 0.05) is 19.6 Å². The molecule has 1 aromatic carbocycles. The van der Waals surface area contributed by atoms with Crippen LogP contribution in [0.1, 0.15) is 37.8 Å². The molecule has 176 valence electrons. The number of hydrogen-bond donors (Lipinski definition) is 2. The van der Waals surface area contributed by atoms with E-state index >= 15 is 0 Å². The number of nitrogens with zero attached hydrogens (tertiary/aromatic N) is 3. The number of aromatic amines is 1. The van der Waals surface area contributed by atoms with Gasteiger partial charge in [0.2, 0.25) is 5.91 Å². The van der Waals surface area contributed by atoms with E-state index in [1.54, 1.807) is 6.92 Å². The fraction of sp³-hybridized carbons (Fsp3) is 0.476. The summed E-state index contributed by atoms with van der Waals surface area (Å²) in [6, 6.07) is 5.15. The van der Waals surface area contributed by atoms with Crippen molar-refractivity contribution in [1.29, 1.82) is 0 Å². The van der Waals surface area contributed by atoms with Gasteiger partial charge in [0.05, 0.1) is 12.1 Å². The zero-order valence-electron chi connectivity index (χ0n) is 18.3. The quantitative estimate of drug-likeness (QED) is 0.604. The first kappa shape index (κ1) is 25.2. The molecular formula is C21H28F3N5O3. The highest BCUT2D eigenvalue weighted by molar-refractivity contribution is 5.96. The molecule has 0 saturated carbocycles. The van der Waals surface area contributed by atoms with Gasteiger partial charge in [-0.3, -0.25) is 24.0 Å². The van der Waals surface area contributed by atoms with Crippen molar-refractivity contribution >= 4 is 17.4 Å². The Hall–Kier alpha value is -3.08. The largest absolute Gasteiger partial charge is 0.416 e. The van der Waals surface area contributed by atoms with Gasteiger partial charge in [0.1, 0.15) is 5.82 Å². The molecule has 1 aromatic heterocycles. The number of nitrogens with two attached hydrogens (primary N) is 1. The minimum atomic E-state index is -4.51. The van der Waals surface area contributed by atoms with E-state index in [1.165, 1.54) is 34.7 Å². The Labute approximate surface area is 183 Å². The van der Waals surface area contributed by atoms with Gasteiger partial charge < -0.3 is 10.6 Å². The predicted molar refractivity (Wildman–Crippen MR) is 116 cm³/mol. The highest BCUT2D eigenvalue weighted by atomic mass is 19.4. The number of benzene rings is 1. The molecule has 3 N–H and O–H groups in total. The van der Waals surface area contributed by atoms with Crippen molar-refractivity contribution in [2.75, 3.05) is 30.8 Å². The van der Waals surface area contributed by atoms with Crippen LogP contribution in [0.3, 0.4) is 0 Å². The number of H-pyrrole nitrogens is 1. The van der Waals surface area contributed by atoms with Gasteiger partial charge in [-0.15, -0.1) is 0 Å². The van der Waals surface area contributed by atoms with E-state index in [1.807, 2.05) is 6.92 Å². The number of aromatic nitrogens is 2. The number of anilines is 2. The standard InChI is InChI=1S/C21H28F3N5O3/c1-4-6-11-29-18(25)17(19(31)26-20(29)32)28(5-2)16(30)13-27(3)12-14-9-7-8-10-15(14)21(22,23)24/h7-10H,4-6,11-13,25H2,1-3H3,(H,26,31,32). The third kappa shape index (κ3) is 5.78. The van der Waals surface area contributed by atoms with Crippen LogP contribution in [0.2, 0.25) is 0 Å². The van der Waals surface area contributed by atoms with Gasteiger partial charge >= 0.3 is 11.9 Å². The number of carbonyl (C=O) groups excluding carboxylic acids is 1. The highest BCUT2D eigenvalue weighted by Gasteiger charge is 2.33. The number of halogens is 3. The molecule has 1 heterocycles. The van der Waals surface area contributed by atoms with E-state index in [0.29, 0.717) is 6.42 Å². The molecule has 0 fully saturated rings. The number of nitrogens with one attached hydrogen (secondary N) is 1. The van der Waals surface area contributed by atoms with Crippen LogP contribution in [0.5, 0.6) is 0 Å². The van der Waals surface area contributed by atoms with E-state index in [-0.39, 0.29) is 43.2 Å². The first-order chi connectivity index (χ1) is 15.0. The van der Waals surface area contributed by atoms with Gasteiger partial charge in [-0.25, -0.2) is 4.79 Å². The van der Waals surface area contributed by atoms with Crippen molar-refractivity contribution < 1.29 is 18.0 Å². The fourth-order valence-corrected chi connectivity index (χ4v) is 3.43. The molecule has 1 amide bonds. The van der Waals surface area contributed by atoms with Crippen LogP contribution in [0, 0.1) is 0 Å². The van der Waals surface area contributed by atoms with Crippen LogP contribution in [0.4, 0.5) is 24.7 Å². The second kappa shape index (κ2) is 10.5. The summed E-state index contributed by atoms with van der Waals surface area (Å²) in [6.45, 7) is 3.56. The minimum Gasteiger partial charge on any atom is -0.383 e. The Balaban J connectivity index is 2.28. The highest BCUT2D eigenvalue weighted by Crippen LogP contribution is 2.32.